The topological polar surface area (TPSA) is 76.1 Å². The molecule has 0 radical (unpaired) electrons. The van der Waals surface area contributed by atoms with Gasteiger partial charge in [0.05, 0.1) is 13.2 Å². The number of ether oxygens (including phenoxy) is 2. The van der Waals surface area contributed by atoms with Gasteiger partial charge in [0, 0.05) is 25.9 Å². The molecule has 0 aromatic carbocycles. The van der Waals surface area contributed by atoms with Gasteiger partial charge in [-0.05, 0) is 0 Å². The molecule has 1 N–H and O–H groups in total. The minimum atomic E-state index is -4.05. The van der Waals surface area contributed by atoms with Crippen LogP contribution in [0.3, 0.4) is 0 Å². The lowest BCUT2D eigenvalue weighted by Crippen LogP contribution is -2.47. The zero-order chi connectivity index (χ0) is 10.2. The summed E-state index contributed by atoms with van der Waals surface area (Å²) in [5.74, 6) is -0.596. The van der Waals surface area contributed by atoms with Crippen LogP contribution in [0.25, 0.3) is 0 Å². The lowest BCUT2D eigenvalue weighted by Gasteiger charge is -2.35. The molecule has 0 atom stereocenters. The van der Waals surface area contributed by atoms with Crippen LogP contribution in [0, 0.1) is 0 Å². The Labute approximate surface area is 82.7 Å². The highest BCUT2D eigenvalue weighted by molar-refractivity contribution is 7.83. The van der Waals surface area contributed by atoms with Gasteiger partial charge in [0.25, 0.3) is 0 Å². The molecule has 7 heteroatoms. The maximum atomic E-state index is 10.8. The summed E-state index contributed by atoms with van der Waals surface area (Å²) >= 11 is 0. The third kappa shape index (κ3) is 1.91. The highest BCUT2D eigenvalue weighted by Crippen LogP contribution is 2.31. The number of piperidine rings is 1. The maximum absolute atomic E-state index is 10.8. The van der Waals surface area contributed by atoms with Crippen LogP contribution in [0.15, 0.2) is 0 Å². The summed E-state index contributed by atoms with van der Waals surface area (Å²) in [5, 5.41) is 0. The number of hydrogen-bond donors (Lipinski definition) is 1. The Morgan fingerprint density at radius 2 is 1.64 bits per heavy atom. The van der Waals surface area contributed by atoms with Gasteiger partial charge >= 0.3 is 10.3 Å². The van der Waals surface area contributed by atoms with Crippen LogP contribution in [0.4, 0.5) is 0 Å². The van der Waals surface area contributed by atoms with E-state index in [-0.39, 0.29) is 13.1 Å². The van der Waals surface area contributed by atoms with Gasteiger partial charge in [-0.1, -0.05) is 0 Å². The third-order valence-electron chi connectivity index (χ3n) is 2.62. The molecule has 2 rings (SSSR count). The van der Waals surface area contributed by atoms with Gasteiger partial charge in [-0.15, -0.1) is 0 Å². The summed E-state index contributed by atoms with van der Waals surface area (Å²) in [6.45, 7) is 1.62. The molecule has 0 aromatic heterocycles. The standard InChI is InChI=1S/C7H13NO5S/c9-14(10,11)8-3-1-7(2-4-8)12-5-6-13-7/h1-6H2,(H,9,10,11). The predicted octanol–water partition coefficient (Wildman–Crippen LogP) is -0.372. The molecule has 6 nitrogen and oxygen atoms in total. The molecular formula is C7H13NO5S. The van der Waals surface area contributed by atoms with E-state index in [0.717, 1.165) is 4.31 Å². The molecule has 0 unspecified atom stereocenters. The fourth-order valence-corrected chi connectivity index (χ4v) is 2.49. The van der Waals surface area contributed by atoms with Crippen LogP contribution in [0.1, 0.15) is 12.8 Å². The molecule has 2 saturated heterocycles. The molecule has 2 aliphatic rings. The van der Waals surface area contributed by atoms with Crippen molar-refractivity contribution in [2.75, 3.05) is 26.3 Å². The Morgan fingerprint density at radius 3 is 2.07 bits per heavy atom. The second kappa shape index (κ2) is 3.42. The largest absolute Gasteiger partial charge is 0.347 e. The Bertz CT molecular complexity index is 298. The van der Waals surface area contributed by atoms with Crippen molar-refractivity contribution in [2.24, 2.45) is 0 Å². The fraction of sp³-hybridized carbons (Fsp3) is 1.00. The van der Waals surface area contributed by atoms with Crippen molar-refractivity contribution in [2.45, 2.75) is 18.6 Å². The number of hydrogen-bond acceptors (Lipinski definition) is 4. The van der Waals surface area contributed by atoms with Crippen LogP contribution in [0.2, 0.25) is 0 Å². The van der Waals surface area contributed by atoms with E-state index >= 15 is 0 Å². The normalized spacial score (nSPS) is 28.4. The van der Waals surface area contributed by atoms with Gasteiger partial charge in [0.2, 0.25) is 0 Å². The monoisotopic (exact) mass is 223 g/mol. The van der Waals surface area contributed by atoms with Crippen LogP contribution in [0.5, 0.6) is 0 Å². The van der Waals surface area contributed by atoms with E-state index in [1.807, 2.05) is 0 Å². The van der Waals surface area contributed by atoms with Gasteiger partial charge in [0.15, 0.2) is 5.79 Å². The number of nitrogens with zero attached hydrogens (tertiary/aromatic N) is 1. The molecule has 82 valence electrons. The Morgan fingerprint density at radius 1 is 1.14 bits per heavy atom. The summed E-state index contributed by atoms with van der Waals surface area (Å²) in [5.41, 5.74) is 0. The molecule has 0 saturated carbocycles. The average Bonchev–Trinajstić information content (AvgIpc) is 2.53. The van der Waals surface area contributed by atoms with E-state index in [1.165, 1.54) is 0 Å². The molecular weight excluding hydrogens is 210 g/mol. The van der Waals surface area contributed by atoms with Crippen molar-refractivity contribution in [1.82, 2.24) is 4.31 Å². The zero-order valence-corrected chi connectivity index (χ0v) is 8.49. The van der Waals surface area contributed by atoms with Crippen molar-refractivity contribution in [3.63, 3.8) is 0 Å². The van der Waals surface area contributed by atoms with Crippen LogP contribution in [-0.2, 0) is 19.8 Å². The molecule has 14 heavy (non-hydrogen) atoms. The highest BCUT2D eigenvalue weighted by atomic mass is 32.2. The zero-order valence-electron chi connectivity index (χ0n) is 7.68. The second-order valence-electron chi connectivity index (χ2n) is 3.48. The molecule has 0 amide bonds. The highest BCUT2D eigenvalue weighted by Gasteiger charge is 2.41. The third-order valence-corrected chi connectivity index (χ3v) is 3.64. The maximum Gasteiger partial charge on any atom is 0.335 e. The molecule has 0 aromatic rings. The second-order valence-corrected chi connectivity index (χ2v) is 4.90. The summed E-state index contributed by atoms with van der Waals surface area (Å²) in [7, 11) is -4.05. The minimum Gasteiger partial charge on any atom is -0.347 e. The van der Waals surface area contributed by atoms with E-state index in [9.17, 15) is 8.42 Å². The first-order valence-corrected chi connectivity index (χ1v) is 5.92. The molecule has 0 bridgehead atoms. The lowest BCUT2D eigenvalue weighted by molar-refractivity contribution is -0.179. The lowest BCUT2D eigenvalue weighted by atomic mass is 10.1. The first kappa shape index (κ1) is 10.3. The van der Waals surface area contributed by atoms with Crippen molar-refractivity contribution >= 4 is 10.3 Å². The van der Waals surface area contributed by atoms with E-state index in [1.54, 1.807) is 0 Å². The van der Waals surface area contributed by atoms with Gasteiger partial charge < -0.3 is 9.47 Å². The van der Waals surface area contributed by atoms with Crippen molar-refractivity contribution in [3.05, 3.63) is 0 Å². The van der Waals surface area contributed by atoms with E-state index in [4.69, 9.17) is 14.0 Å². The Hall–Kier alpha value is -0.210. The first-order valence-electron chi connectivity index (χ1n) is 4.52. The SMILES string of the molecule is O=S(=O)(O)N1CCC2(CC1)OCCO2. The molecule has 0 aliphatic carbocycles. The summed E-state index contributed by atoms with van der Waals surface area (Å²) in [4.78, 5) is 0. The molecule has 2 heterocycles. The summed E-state index contributed by atoms with van der Waals surface area (Å²) in [6, 6.07) is 0. The summed E-state index contributed by atoms with van der Waals surface area (Å²) in [6.07, 6.45) is 0.958. The Kier molecular flexibility index (Phi) is 2.52. The average molecular weight is 223 g/mol. The van der Waals surface area contributed by atoms with Crippen molar-refractivity contribution < 1.29 is 22.4 Å². The fourth-order valence-electron chi connectivity index (χ4n) is 1.84. The van der Waals surface area contributed by atoms with E-state index in [0.29, 0.717) is 26.1 Å². The van der Waals surface area contributed by atoms with Gasteiger partial charge in [-0.25, -0.2) is 0 Å². The first-order chi connectivity index (χ1) is 6.52. The van der Waals surface area contributed by atoms with Crippen LogP contribution < -0.4 is 0 Å². The molecule has 1 spiro atoms. The van der Waals surface area contributed by atoms with Gasteiger partial charge in [0.1, 0.15) is 0 Å². The predicted molar refractivity (Wildman–Crippen MR) is 47.0 cm³/mol. The Balaban J connectivity index is 1.98. The van der Waals surface area contributed by atoms with Gasteiger partial charge in [-0.3, -0.25) is 4.55 Å². The van der Waals surface area contributed by atoms with Crippen LogP contribution in [-0.4, -0.2) is 49.4 Å². The molecule has 2 fully saturated rings. The van der Waals surface area contributed by atoms with Crippen molar-refractivity contribution in [3.8, 4) is 0 Å². The van der Waals surface area contributed by atoms with E-state index in [2.05, 4.69) is 0 Å². The van der Waals surface area contributed by atoms with E-state index < -0.39 is 16.1 Å². The van der Waals surface area contributed by atoms with Crippen molar-refractivity contribution in [1.29, 1.82) is 0 Å². The quantitative estimate of drug-likeness (QED) is 0.614. The number of rotatable bonds is 1. The summed E-state index contributed by atoms with van der Waals surface area (Å²) < 4.78 is 42.2. The molecule has 2 aliphatic heterocycles. The minimum absolute atomic E-state index is 0.249. The smallest absolute Gasteiger partial charge is 0.335 e. The van der Waals surface area contributed by atoms with Gasteiger partial charge in [-0.2, -0.15) is 12.7 Å². The van der Waals surface area contributed by atoms with Crippen LogP contribution >= 0.6 is 0 Å².